The van der Waals surface area contributed by atoms with E-state index in [0.717, 1.165) is 42.7 Å². The van der Waals surface area contributed by atoms with Gasteiger partial charge in [0.05, 0.1) is 11.9 Å². The Morgan fingerprint density at radius 2 is 1.81 bits per heavy atom. The molecule has 1 fully saturated rings. The molecule has 0 bridgehead atoms. The first kappa shape index (κ1) is 28.5. The van der Waals surface area contributed by atoms with E-state index in [9.17, 15) is 18.0 Å². The minimum Gasteiger partial charge on any atom is -0.352 e. The van der Waals surface area contributed by atoms with Gasteiger partial charge in [0.2, 0.25) is 21.8 Å². The average Bonchev–Trinajstić information content (AvgIpc) is 2.83. The molecule has 10 heteroatoms. The molecule has 1 N–H and O–H groups in total. The van der Waals surface area contributed by atoms with Gasteiger partial charge in [-0.15, -0.1) is 0 Å². The van der Waals surface area contributed by atoms with Crippen molar-refractivity contribution in [3.05, 3.63) is 63.6 Å². The first-order chi connectivity index (χ1) is 17.1. The average molecular weight is 599 g/mol. The Labute approximate surface area is 227 Å². The van der Waals surface area contributed by atoms with Crippen molar-refractivity contribution in [2.24, 2.45) is 0 Å². The molecule has 1 atom stereocenters. The highest BCUT2D eigenvalue weighted by Gasteiger charge is 2.33. The van der Waals surface area contributed by atoms with Gasteiger partial charge in [-0.2, -0.15) is 0 Å². The summed E-state index contributed by atoms with van der Waals surface area (Å²) in [6, 6.07) is 13.2. The Balaban J connectivity index is 1.92. The molecule has 196 valence electrons. The van der Waals surface area contributed by atoms with Crippen molar-refractivity contribution in [2.75, 3.05) is 17.1 Å². The molecule has 7 nitrogen and oxygen atoms in total. The van der Waals surface area contributed by atoms with Crippen LogP contribution in [0.1, 0.15) is 51.0 Å². The maximum atomic E-state index is 13.8. The van der Waals surface area contributed by atoms with Crippen LogP contribution in [0.2, 0.25) is 5.02 Å². The number of anilines is 1. The number of nitrogens with one attached hydrogen (secondary N) is 1. The van der Waals surface area contributed by atoms with E-state index in [0.29, 0.717) is 27.2 Å². The predicted octanol–water partition coefficient (Wildman–Crippen LogP) is 5.12. The van der Waals surface area contributed by atoms with Gasteiger partial charge in [0.15, 0.2) is 0 Å². The minimum atomic E-state index is -3.78. The number of hydrogen-bond acceptors (Lipinski definition) is 4. The van der Waals surface area contributed by atoms with Crippen LogP contribution in [0.25, 0.3) is 0 Å². The fourth-order valence-electron chi connectivity index (χ4n) is 4.52. The lowest BCUT2D eigenvalue weighted by atomic mass is 9.95. The van der Waals surface area contributed by atoms with Crippen molar-refractivity contribution in [1.29, 1.82) is 0 Å². The lowest BCUT2D eigenvalue weighted by molar-refractivity contribution is -0.140. The summed E-state index contributed by atoms with van der Waals surface area (Å²) in [6.07, 6.45) is 6.59. The van der Waals surface area contributed by atoms with Crippen LogP contribution in [0.5, 0.6) is 0 Å². The topological polar surface area (TPSA) is 86.8 Å². The maximum Gasteiger partial charge on any atom is 0.244 e. The van der Waals surface area contributed by atoms with Crippen LogP contribution in [0, 0.1) is 0 Å². The third-order valence-corrected chi connectivity index (χ3v) is 8.41. The Morgan fingerprint density at radius 1 is 1.11 bits per heavy atom. The summed E-state index contributed by atoms with van der Waals surface area (Å²) in [6.45, 7) is 1.50. The van der Waals surface area contributed by atoms with Crippen LogP contribution in [0.4, 0.5) is 5.69 Å². The Morgan fingerprint density at radius 3 is 2.42 bits per heavy atom. The number of nitrogens with zero attached hydrogens (tertiary/aromatic N) is 2. The van der Waals surface area contributed by atoms with Gasteiger partial charge in [-0.1, -0.05) is 78.0 Å². The fraction of sp³-hybridized carbons (Fsp3) is 0.462. The molecule has 1 aliphatic carbocycles. The van der Waals surface area contributed by atoms with Crippen LogP contribution in [-0.4, -0.2) is 50.0 Å². The first-order valence-electron chi connectivity index (χ1n) is 12.2. The molecule has 0 unspecified atom stereocenters. The van der Waals surface area contributed by atoms with Gasteiger partial charge in [0, 0.05) is 22.1 Å². The smallest absolute Gasteiger partial charge is 0.244 e. The van der Waals surface area contributed by atoms with E-state index < -0.39 is 28.5 Å². The molecular weight excluding hydrogens is 566 g/mol. The number of rotatable bonds is 10. The highest BCUT2D eigenvalue weighted by atomic mass is 79.9. The van der Waals surface area contributed by atoms with Crippen molar-refractivity contribution in [2.45, 2.75) is 64.1 Å². The summed E-state index contributed by atoms with van der Waals surface area (Å²) >= 11 is 9.76. The van der Waals surface area contributed by atoms with Crippen LogP contribution in [0.3, 0.4) is 0 Å². The Kier molecular flexibility index (Phi) is 10.2. The quantitative estimate of drug-likeness (QED) is 0.411. The molecule has 2 amide bonds. The van der Waals surface area contributed by atoms with Crippen LogP contribution in [-0.2, 0) is 26.2 Å². The molecule has 0 aromatic heterocycles. The summed E-state index contributed by atoms with van der Waals surface area (Å²) in [5.74, 6) is -0.705. The van der Waals surface area contributed by atoms with Gasteiger partial charge in [-0.05, 0) is 49.1 Å². The zero-order chi connectivity index (χ0) is 26.3. The van der Waals surface area contributed by atoms with Gasteiger partial charge in [0.25, 0.3) is 0 Å². The lowest BCUT2D eigenvalue weighted by Crippen LogP contribution is -2.54. The third-order valence-electron chi connectivity index (χ3n) is 6.41. The van der Waals surface area contributed by atoms with Crippen molar-refractivity contribution in [1.82, 2.24) is 10.2 Å². The van der Waals surface area contributed by atoms with Crippen LogP contribution in [0.15, 0.2) is 53.0 Å². The number of hydrogen-bond donors (Lipinski definition) is 1. The number of sulfonamides is 1. The number of amides is 2. The minimum absolute atomic E-state index is 0.0885. The summed E-state index contributed by atoms with van der Waals surface area (Å²) < 4.78 is 27.1. The second-order valence-corrected chi connectivity index (χ2v) is 12.4. The van der Waals surface area contributed by atoms with Crippen LogP contribution >= 0.6 is 27.5 Å². The van der Waals surface area contributed by atoms with Crippen molar-refractivity contribution in [3.63, 3.8) is 0 Å². The summed E-state index contributed by atoms with van der Waals surface area (Å²) in [7, 11) is -3.78. The molecule has 36 heavy (non-hydrogen) atoms. The maximum absolute atomic E-state index is 13.8. The number of halogens is 2. The predicted molar refractivity (Wildman–Crippen MR) is 147 cm³/mol. The summed E-state index contributed by atoms with van der Waals surface area (Å²) in [5, 5.41) is 3.60. The van der Waals surface area contributed by atoms with Gasteiger partial charge in [0.1, 0.15) is 12.6 Å². The van der Waals surface area contributed by atoms with E-state index in [2.05, 4.69) is 21.2 Å². The van der Waals surface area contributed by atoms with Gasteiger partial charge in [-0.3, -0.25) is 13.9 Å². The molecule has 3 rings (SSSR count). The fourth-order valence-corrected chi connectivity index (χ4v) is 5.94. The van der Waals surface area contributed by atoms with Crippen LogP contribution < -0.4 is 9.62 Å². The zero-order valence-electron chi connectivity index (χ0n) is 20.6. The zero-order valence-corrected chi connectivity index (χ0v) is 23.8. The monoisotopic (exact) mass is 597 g/mol. The van der Waals surface area contributed by atoms with Crippen molar-refractivity contribution >= 4 is 55.1 Å². The lowest BCUT2D eigenvalue weighted by Gasteiger charge is -2.34. The second-order valence-electron chi connectivity index (χ2n) is 9.13. The Bertz CT molecular complexity index is 1170. The SMILES string of the molecule is CC[C@@H](C(=O)NC1CCCCC1)N(Cc1ccccc1Cl)C(=O)CN(c1cccc(Br)c1)S(C)(=O)=O. The molecule has 0 saturated heterocycles. The molecule has 2 aromatic carbocycles. The molecular formula is C26H33BrClN3O4S. The van der Waals surface area contributed by atoms with Gasteiger partial charge < -0.3 is 10.2 Å². The molecule has 0 heterocycles. The third kappa shape index (κ3) is 7.70. The molecule has 1 aliphatic rings. The highest BCUT2D eigenvalue weighted by molar-refractivity contribution is 9.10. The second kappa shape index (κ2) is 12.9. The van der Waals surface area contributed by atoms with Gasteiger partial charge >= 0.3 is 0 Å². The van der Waals surface area contributed by atoms with E-state index in [1.807, 2.05) is 13.0 Å². The highest BCUT2D eigenvalue weighted by Crippen LogP contribution is 2.25. The summed E-state index contributed by atoms with van der Waals surface area (Å²) in [4.78, 5) is 28.6. The number of carbonyl (C=O) groups excluding carboxylic acids is 2. The van der Waals surface area contributed by atoms with E-state index in [-0.39, 0.29) is 18.5 Å². The number of benzene rings is 2. The van der Waals surface area contributed by atoms with Crippen molar-refractivity contribution in [3.8, 4) is 0 Å². The van der Waals surface area contributed by atoms with E-state index in [1.165, 1.54) is 4.90 Å². The standard InChI is InChI=1S/C26H33BrClN3O4S/c1-3-24(26(33)29-21-12-5-4-6-13-21)30(17-19-10-7-8-15-23(19)28)25(32)18-31(36(2,34)35)22-14-9-11-20(27)16-22/h7-11,14-16,21,24H,3-6,12-13,17-18H2,1-2H3,(H,29,33)/t24-/m0/s1. The molecule has 0 radical (unpaired) electrons. The normalized spacial score (nSPS) is 15.2. The molecule has 2 aromatic rings. The summed E-state index contributed by atoms with van der Waals surface area (Å²) in [5.41, 5.74) is 1.04. The molecule has 0 spiro atoms. The van der Waals surface area contributed by atoms with Gasteiger partial charge in [-0.25, -0.2) is 8.42 Å². The molecule has 1 saturated carbocycles. The van der Waals surface area contributed by atoms with E-state index in [4.69, 9.17) is 11.6 Å². The van der Waals surface area contributed by atoms with E-state index in [1.54, 1.807) is 42.5 Å². The molecule has 0 aliphatic heterocycles. The van der Waals surface area contributed by atoms with E-state index >= 15 is 0 Å². The first-order valence-corrected chi connectivity index (χ1v) is 15.2. The number of carbonyl (C=O) groups is 2. The van der Waals surface area contributed by atoms with Crippen molar-refractivity contribution < 1.29 is 18.0 Å². The largest absolute Gasteiger partial charge is 0.352 e. The Hall–Kier alpha value is -2.10.